The lowest BCUT2D eigenvalue weighted by Gasteiger charge is -2.23. The Bertz CT molecular complexity index is 464. The molecule has 0 saturated carbocycles. The van der Waals surface area contributed by atoms with Crippen LogP contribution in [-0.2, 0) is 14.3 Å². The number of esters is 1. The summed E-state index contributed by atoms with van der Waals surface area (Å²) < 4.78 is 4.59. The number of carbonyl (C=O) groups is 2. The Morgan fingerprint density at radius 1 is 1.35 bits per heavy atom. The van der Waals surface area contributed by atoms with E-state index < -0.39 is 5.97 Å². The number of hydrogen-bond acceptors (Lipinski definition) is 4. The monoisotopic (exact) mass is 315 g/mol. The summed E-state index contributed by atoms with van der Waals surface area (Å²) in [6, 6.07) is 7.31. The molecule has 20 heavy (non-hydrogen) atoms. The first kappa shape index (κ1) is 16.9. The highest BCUT2D eigenvalue weighted by molar-refractivity contribution is 8.00. The lowest BCUT2D eigenvalue weighted by molar-refractivity contribution is -0.146. The third-order valence-electron chi connectivity index (χ3n) is 2.72. The van der Waals surface area contributed by atoms with Crippen molar-refractivity contribution in [2.45, 2.75) is 24.0 Å². The summed E-state index contributed by atoms with van der Waals surface area (Å²) in [6.45, 7) is 4.11. The minimum atomic E-state index is -0.413. The third-order valence-corrected chi connectivity index (χ3v) is 4.07. The van der Waals surface area contributed by atoms with Crippen molar-refractivity contribution in [3.63, 3.8) is 0 Å². The summed E-state index contributed by atoms with van der Waals surface area (Å²) in [7, 11) is 1.31. The summed E-state index contributed by atoms with van der Waals surface area (Å²) in [4.78, 5) is 26.0. The Hall–Kier alpha value is -1.20. The molecule has 1 atom stereocenters. The number of hydrogen-bond donors (Lipinski definition) is 0. The number of carbonyl (C=O) groups excluding carboxylic acids is 2. The van der Waals surface area contributed by atoms with Crippen LogP contribution in [0.15, 0.2) is 29.2 Å². The van der Waals surface area contributed by atoms with Gasteiger partial charge in [-0.1, -0.05) is 11.6 Å². The molecule has 0 radical (unpaired) electrons. The first-order valence-electron chi connectivity index (χ1n) is 6.25. The van der Waals surface area contributed by atoms with E-state index in [-0.39, 0.29) is 17.7 Å². The molecule has 0 bridgehead atoms. The van der Waals surface area contributed by atoms with Crippen molar-refractivity contribution in [3.05, 3.63) is 29.3 Å². The zero-order valence-electron chi connectivity index (χ0n) is 11.8. The number of halogens is 1. The lowest BCUT2D eigenvalue weighted by Crippen LogP contribution is -2.40. The van der Waals surface area contributed by atoms with Crippen LogP contribution in [0.1, 0.15) is 13.8 Å². The van der Waals surface area contributed by atoms with Gasteiger partial charge in [0.15, 0.2) is 0 Å². The fraction of sp³-hybridized carbons (Fsp3) is 0.429. The van der Waals surface area contributed by atoms with E-state index in [9.17, 15) is 9.59 Å². The van der Waals surface area contributed by atoms with Gasteiger partial charge in [-0.05, 0) is 38.1 Å². The van der Waals surface area contributed by atoms with Crippen molar-refractivity contribution in [3.8, 4) is 0 Å². The number of ether oxygens (including phenoxy) is 1. The van der Waals surface area contributed by atoms with Crippen LogP contribution in [0.25, 0.3) is 0 Å². The number of benzene rings is 1. The maximum Gasteiger partial charge on any atom is 0.325 e. The summed E-state index contributed by atoms with van der Waals surface area (Å²) >= 11 is 7.26. The Morgan fingerprint density at radius 2 is 1.95 bits per heavy atom. The predicted molar refractivity (Wildman–Crippen MR) is 81.0 cm³/mol. The van der Waals surface area contributed by atoms with Crippen molar-refractivity contribution >= 4 is 35.2 Å². The number of thioether (sulfide) groups is 1. The zero-order chi connectivity index (χ0) is 15.1. The minimum Gasteiger partial charge on any atom is -0.468 e. The molecule has 0 aliphatic rings. The number of amides is 1. The van der Waals surface area contributed by atoms with E-state index in [1.54, 1.807) is 12.1 Å². The van der Waals surface area contributed by atoms with Crippen LogP contribution in [0.4, 0.5) is 0 Å². The van der Waals surface area contributed by atoms with Gasteiger partial charge in [0.2, 0.25) is 5.91 Å². The molecule has 0 fully saturated rings. The van der Waals surface area contributed by atoms with Crippen LogP contribution in [0.2, 0.25) is 5.02 Å². The number of rotatable bonds is 6. The van der Waals surface area contributed by atoms with Gasteiger partial charge in [-0.3, -0.25) is 9.59 Å². The van der Waals surface area contributed by atoms with Crippen molar-refractivity contribution in [1.82, 2.24) is 4.90 Å². The molecule has 0 aliphatic heterocycles. The molecular formula is C14H18ClNO3S. The lowest BCUT2D eigenvalue weighted by atomic mass is 10.3. The molecule has 110 valence electrons. The SMILES string of the molecule is CCN(CC(=O)OC)C(=O)C(C)Sc1ccc(Cl)cc1. The normalized spacial score (nSPS) is 11.8. The molecule has 0 aromatic heterocycles. The van der Waals surface area contributed by atoms with E-state index in [1.807, 2.05) is 26.0 Å². The van der Waals surface area contributed by atoms with Gasteiger partial charge in [0.25, 0.3) is 0 Å². The second kappa shape index (κ2) is 8.17. The number of nitrogens with zero attached hydrogens (tertiary/aromatic N) is 1. The van der Waals surface area contributed by atoms with Gasteiger partial charge in [0, 0.05) is 16.5 Å². The fourth-order valence-electron chi connectivity index (χ4n) is 1.59. The van der Waals surface area contributed by atoms with Gasteiger partial charge in [0.05, 0.1) is 12.4 Å². The Kier molecular flexibility index (Phi) is 6.88. The third kappa shape index (κ3) is 5.06. The van der Waals surface area contributed by atoms with Gasteiger partial charge >= 0.3 is 5.97 Å². The fourth-order valence-corrected chi connectivity index (χ4v) is 2.67. The van der Waals surface area contributed by atoms with E-state index in [4.69, 9.17) is 11.6 Å². The van der Waals surface area contributed by atoms with Gasteiger partial charge in [-0.15, -0.1) is 11.8 Å². The van der Waals surface area contributed by atoms with Crippen LogP contribution in [0, 0.1) is 0 Å². The van der Waals surface area contributed by atoms with E-state index in [0.29, 0.717) is 11.6 Å². The molecule has 1 aromatic carbocycles. The Balaban J connectivity index is 2.64. The van der Waals surface area contributed by atoms with Crippen molar-refractivity contribution < 1.29 is 14.3 Å². The predicted octanol–water partition coefficient (Wildman–Crippen LogP) is 2.84. The van der Waals surface area contributed by atoms with Crippen molar-refractivity contribution in [2.75, 3.05) is 20.2 Å². The molecule has 6 heteroatoms. The molecule has 0 saturated heterocycles. The van der Waals surface area contributed by atoms with Crippen molar-refractivity contribution in [2.24, 2.45) is 0 Å². The number of likely N-dealkylation sites (N-methyl/N-ethyl adjacent to an activating group) is 1. The number of methoxy groups -OCH3 is 1. The molecule has 0 spiro atoms. The van der Waals surface area contributed by atoms with Crippen LogP contribution in [0.3, 0.4) is 0 Å². The first-order chi connectivity index (χ1) is 9.47. The van der Waals surface area contributed by atoms with Gasteiger partial charge < -0.3 is 9.64 Å². The second-order valence-corrected chi connectivity index (χ2v) is 5.99. The van der Waals surface area contributed by atoms with Gasteiger partial charge in [-0.25, -0.2) is 0 Å². The minimum absolute atomic E-state index is 0.0165. The van der Waals surface area contributed by atoms with E-state index in [0.717, 1.165) is 4.90 Å². The molecule has 4 nitrogen and oxygen atoms in total. The average molecular weight is 316 g/mol. The zero-order valence-corrected chi connectivity index (χ0v) is 13.3. The van der Waals surface area contributed by atoms with Crippen LogP contribution in [0.5, 0.6) is 0 Å². The van der Waals surface area contributed by atoms with Crippen molar-refractivity contribution in [1.29, 1.82) is 0 Å². The van der Waals surface area contributed by atoms with Gasteiger partial charge in [-0.2, -0.15) is 0 Å². The topological polar surface area (TPSA) is 46.6 Å². The average Bonchev–Trinajstić information content (AvgIpc) is 2.46. The summed E-state index contributed by atoms with van der Waals surface area (Å²) in [5.74, 6) is -0.498. The maximum absolute atomic E-state index is 12.3. The largest absolute Gasteiger partial charge is 0.468 e. The molecule has 1 rings (SSSR count). The first-order valence-corrected chi connectivity index (χ1v) is 7.51. The molecule has 1 amide bonds. The molecular weight excluding hydrogens is 298 g/mol. The van der Waals surface area contributed by atoms with Gasteiger partial charge in [0.1, 0.15) is 6.54 Å². The van der Waals surface area contributed by atoms with Crippen LogP contribution in [-0.4, -0.2) is 42.2 Å². The summed E-state index contributed by atoms with van der Waals surface area (Å²) in [5, 5.41) is 0.384. The van der Waals surface area contributed by atoms with Crippen LogP contribution < -0.4 is 0 Å². The maximum atomic E-state index is 12.3. The van der Waals surface area contributed by atoms with Crippen LogP contribution >= 0.6 is 23.4 Å². The summed E-state index contributed by atoms with van der Waals surface area (Å²) in [5.41, 5.74) is 0. The quantitative estimate of drug-likeness (QED) is 0.598. The second-order valence-electron chi connectivity index (χ2n) is 4.14. The highest BCUT2D eigenvalue weighted by atomic mass is 35.5. The summed E-state index contributed by atoms with van der Waals surface area (Å²) in [6.07, 6.45) is 0. The molecule has 0 aliphatic carbocycles. The smallest absolute Gasteiger partial charge is 0.325 e. The van der Waals surface area contributed by atoms with E-state index in [2.05, 4.69) is 4.74 Å². The van der Waals surface area contributed by atoms with E-state index >= 15 is 0 Å². The Labute approximate surface area is 128 Å². The molecule has 0 N–H and O–H groups in total. The molecule has 0 heterocycles. The standard InChI is InChI=1S/C14H18ClNO3S/c1-4-16(9-13(17)19-3)14(18)10(2)20-12-7-5-11(15)6-8-12/h5-8,10H,4,9H2,1-3H3. The molecule has 1 unspecified atom stereocenters. The highest BCUT2D eigenvalue weighted by Crippen LogP contribution is 2.25. The highest BCUT2D eigenvalue weighted by Gasteiger charge is 2.22. The Morgan fingerprint density at radius 3 is 2.45 bits per heavy atom. The molecule has 1 aromatic rings. The van der Waals surface area contributed by atoms with E-state index in [1.165, 1.54) is 23.8 Å².